The van der Waals surface area contributed by atoms with Crippen LogP contribution in [0.5, 0.6) is 5.75 Å². The minimum absolute atomic E-state index is 0.0672. The molecule has 0 heterocycles. The van der Waals surface area contributed by atoms with E-state index in [0.29, 0.717) is 0 Å². The van der Waals surface area contributed by atoms with Crippen molar-refractivity contribution in [2.24, 2.45) is 0 Å². The number of rotatable bonds is 5. The summed E-state index contributed by atoms with van der Waals surface area (Å²) in [5.41, 5.74) is -22.3. The number of hydrogen-bond donors (Lipinski definition) is 0. The first-order valence-corrected chi connectivity index (χ1v) is 10.4. The van der Waals surface area contributed by atoms with Gasteiger partial charge in [-0.15, -0.1) is 0 Å². The van der Waals surface area contributed by atoms with E-state index in [1.807, 2.05) is 0 Å². The van der Waals surface area contributed by atoms with Crippen LogP contribution in [0.25, 0.3) is 0 Å². The average Bonchev–Trinajstić information content (AvgIpc) is 2.62. The Labute approximate surface area is 196 Å². The number of halogens is 18. The van der Waals surface area contributed by atoms with Crippen LogP contribution in [0.4, 0.5) is 74.6 Å². The SMILES string of the molecule is O=S(=O)(Cl)c1ccc(OC(=C(C(F)(C(F)(F)F)C(F)(F)F)C(F)(C(F)(F)F)C(F)(F)F)C(F)(F)F)cc1. The summed E-state index contributed by atoms with van der Waals surface area (Å²) in [5.74, 6) is -6.62. The summed E-state index contributed by atoms with van der Waals surface area (Å²) in [7, 11) is 0.0537. The third-order valence-electron chi connectivity index (χ3n) is 4.06. The van der Waals surface area contributed by atoms with Crippen molar-refractivity contribution in [2.45, 2.75) is 47.1 Å². The van der Waals surface area contributed by atoms with Crippen molar-refractivity contribution in [3.63, 3.8) is 0 Å². The van der Waals surface area contributed by atoms with Crippen molar-refractivity contribution in [1.82, 2.24) is 0 Å². The molecule has 0 spiro atoms. The molecule has 0 unspecified atom stereocenters. The summed E-state index contributed by atoms with van der Waals surface area (Å²) in [6, 6.07) is -0.197. The zero-order valence-corrected chi connectivity index (χ0v) is 17.8. The van der Waals surface area contributed by atoms with Crippen LogP contribution in [0, 0.1) is 0 Å². The van der Waals surface area contributed by atoms with E-state index in [1.165, 1.54) is 0 Å². The number of benzene rings is 1. The molecule has 0 radical (unpaired) electrons. The molecule has 37 heavy (non-hydrogen) atoms. The molecule has 0 aromatic heterocycles. The third-order valence-corrected chi connectivity index (χ3v) is 5.43. The van der Waals surface area contributed by atoms with E-state index in [4.69, 9.17) is 10.7 Å². The van der Waals surface area contributed by atoms with Crippen molar-refractivity contribution in [3.8, 4) is 5.75 Å². The lowest BCUT2D eigenvalue weighted by atomic mass is 9.79. The van der Waals surface area contributed by atoms with Gasteiger partial charge >= 0.3 is 42.2 Å². The Kier molecular flexibility index (Phi) is 8.19. The lowest BCUT2D eigenvalue weighted by Gasteiger charge is -2.41. The number of ether oxygens (including phenoxy) is 1. The van der Waals surface area contributed by atoms with Gasteiger partial charge in [0.05, 0.1) is 10.5 Å². The Morgan fingerprint density at radius 2 is 0.892 bits per heavy atom. The highest BCUT2D eigenvalue weighted by molar-refractivity contribution is 8.13. The first kappa shape index (κ1) is 32.8. The van der Waals surface area contributed by atoms with Crippen LogP contribution in [-0.2, 0) is 9.05 Å². The summed E-state index contributed by atoms with van der Waals surface area (Å²) < 4.78 is 252. The third kappa shape index (κ3) is 5.95. The van der Waals surface area contributed by atoms with Gasteiger partial charge in [-0.2, -0.15) is 65.9 Å². The molecule has 0 amide bonds. The molecule has 0 aliphatic heterocycles. The Balaban J connectivity index is 4.45. The highest BCUT2D eigenvalue weighted by atomic mass is 35.7. The lowest BCUT2D eigenvalue weighted by molar-refractivity contribution is -0.365. The van der Waals surface area contributed by atoms with Crippen LogP contribution >= 0.6 is 10.7 Å². The Morgan fingerprint density at radius 3 is 1.11 bits per heavy atom. The van der Waals surface area contributed by atoms with E-state index in [9.17, 15) is 83.1 Å². The van der Waals surface area contributed by atoms with Gasteiger partial charge in [-0.05, 0) is 24.3 Å². The summed E-state index contributed by atoms with van der Waals surface area (Å²) in [6.07, 6.45) is -39.8. The molecular formula is C15H4ClF17O3S. The van der Waals surface area contributed by atoms with E-state index in [2.05, 4.69) is 4.74 Å². The molecule has 1 rings (SSSR count). The zero-order valence-electron chi connectivity index (χ0n) is 16.2. The van der Waals surface area contributed by atoms with Crippen LogP contribution in [0.1, 0.15) is 0 Å². The standard InChI is InChI=1S/C15H4ClF17O3S/c16-37(34,35)6-3-1-5(2-4-6)36-8(11(19,20)21)7(9(17,12(22,23)24)13(25,26)27)10(18,14(28,29)30)15(31,32)33/h1-4H. The van der Waals surface area contributed by atoms with E-state index >= 15 is 0 Å². The van der Waals surface area contributed by atoms with Crippen molar-refractivity contribution >= 4 is 19.7 Å². The summed E-state index contributed by atoms with van der Waals surface area (Å²) in [4.78, 5) is -1.09. The van der Waals surface area contributed by atoms with Crippen molar-refractivity contribution in [3.05, 3.63) is 35.6 Å². The zero-order chi connectivity index (χ0) is 29.8. The molecule has 0 aliphatic rings. The predicted octanol–water partition coefficient (Wildman–Crippen LogP) is 7.48. The van der Waals surface area contributed by atoms with E-state index in [1.54, 1.807) is 0 Å². The summed E-state index contributed by atoms with van der Waals surface area (Å²) in [5, 5.41) is 0. The molecule has 0 N–H and O–H groups in total. The molecule has 3 nitrogen and oxygen atoms in total. The monoisotopic (exact) mass is 622 g/mol. The van der Waals surface area contributed by atoms with Gasteiger partial charge in [0.2, 0.25) is 5.76 Å². The normalized spacial score (nSPS) is 15.0. The lowest BCUT2D eigenvalue weighted by Crippen LogP contribution is -2.67. The van der Waals surface area contributed by atoms with Gasteiger partial charge in [0.15, 0.2) is 0 Å². The highest BCUT2D eigenvalue weighted by Gasteiger charge is 2.88. The Morgan fingerprint density at radius 1 is 0.595 bits per heavy atom. The Bertz CT molecular complexity index is 1050. The van der Waals surface area contributed by atoms with Gasteiger partial charge in [-0.1, -0.05) is 0 Å². The van der Waals surface area contributed by atoms with E-state index in [0.717, 1.165) is 0 Å². The van der Waals surface area contributed by atoms with Crippen LogP contribution in [0.2, 0.25) is 0 Å². The van der Waals surface area contributed by atoms with Crippen LogP contribution in [-0.4, -0.2) is 50.6 Å². The molecular weight excluding hydrogens is 619 g/mol. The fourth-order valence-corrected chi connectivity index (χ4v) is 3.25. The van der Waals surface area contributed by atoms with Crippen molar-refractivity contribution in [2.75, 3.05) is 0 Å². The van der Waals surface area contributed by atoms with E-state index in [-0.39, 0.29) is 24.3 Å². The molecule has 0 aliphatic carbocycles. The van der Waals surface area contributed by atoms with Gasteiger partial charge in [-0.25, -0.2) is 17.2 Å². The maximum atomic E-state index is 14.5. The molecule has 1 aromatic rings. The summed E-state index contributed by atoms with van der Waals surface area (Å²) in [6.45, 7) is 0. The first-order valence-electron chi connectivity index (χ1n) is 8.13. The number of allylic oxidation sites excluding steroid dienone is 2. The molecule has 1 aromatic carbocycles. The van der Waals surface area contributed by atoms with Gasteiger partial charge in [0, 0.05) is 10.7 Å². The predicted molar refractivity (Wildman–Crippen MR) is 85.1 cm³/mol. The van der Waals surface area contributed by atoms with Gasteiger partial charge < -0.3 is 4.74 Å². The van der Waals surface area contributed by atoms with E-state index < -0.39 is 73.2 Å². The van der Waals surface area contributed by atoms with Crippen molar-refractivity contribution in [1.29, 1.82) is 0 Å². The fraction of sp³-hybridized carbons (Fsp3) is 0.467. The Hall–Kier alpha value is -2.19. The molecule has 0 saturated carbocycles. The number of alkyl halides is 17. The molecule has 0 atom stereocenters. The van der Waals surface area contributed by atoms with Gasteiger partial charge in [-0.3, -0.25) is 0 Å². The molecule has 22 heteroatoms. The quantitative estimate of drug-likeness (QED) is 0.194. The van der Waals surface area contributed by atoms with Crippen molar-refractivity contribution < 1.29 is 87.8 Å². The minimum Gasteiger partial charge on any atom is -0.452 e. The fourth-order valence-electron chi connectivity index (χ4n) is 2.48. The number of hydrogen-bond acceptors (Lipinski definition) is 3. The molecule has 0 saturated heterocycles. The van der Waals surface area contributed by atoms with Crippen LogP contribution in [0.15, 0.2) is 40.5 Å². The topological polar surface area (TPSA) is 43.4 Å². The van der Waals surface area contributed by atoms with Crippen LogP contribution in [0.3, 0.4) is 0 Å². The second-order valence-electron chi connectivity index (χ2n) is 6.52. The van der Waals surface area contributed by atoms with Gasteiger partial charge in [0.25, 0.3) is 9.05 Å². The molecule has 214 valence electrons. The second kappa shape index (κ2) is 9.23. The molecule has 0 fully saturated rings. The maximum absolute atomic E-state index is 14.5. The average molecular weight is 623 g/mol. The smallest absolute Gasteiger partial charge is 0.449 e. The van der Waals surface area contributed by atoms with Crippen LogP contribution < -0.4 is 4.74 Å². The highest BCUT2D eigenvalue weighted by Crippen LogP contribution is 2.63. The first-order chi connectivity index (χ1) is 15.9. The minimum atomic E-state index is -8.32. The summed E-state index contributed by atoms with van der Waals surface area (Å²) >= 11 is 0. The van der Waals surface area contributed by atoms with Gasteiger partial charge in [0.1, 0.15) is 5.75 Å². The maximum Gasteiger partial charge on any atom is 0.449 e. The second-order valence-corrected chi connectivity index (χ2v) is 9.09. The largest absolute Gasteiger partial charge is 0.452 e. The molecule has 0 bridgehead atoms.